The second kappa shape index (κ2) is 4.47. The van der Waals surface area contributed by atoms with Crippen LogP contribution in [-0.4, -0.2) is 20.9 Å². The van der Waals surface area contributed by atoms with Gasteiger partial charge in [0.05, 0.1) is 5.92 Å². The Bertz CT molecular complexity index is 360. The summed E-state index contributed by atoms with van der Waals surface area (Å²) in [5.41, 5.74) is 0. The summed E-state index contributed by atoms with van der Waals surface area (Å²) in [4.78, 5) is 16.6. The number of aromatic hydroxyl groups is 2. The van der Waals surface area contributed by atoms with E-state index < -0.39 is 0 Å². The van der Waals surface area contributed by atoms with E-state index in [1.807, 2.05) is 0 Å². The summed E-state index contributed by atoms with van der Waals surface area (Å²) >= 11 is 0. The van der Waals surface area contributed by atoms with Crippen LogP contribution in [0.25, 0.3) is 0 Å². The summed E-state index contributed by atoms with van der Waals surface area (Å²) in [5.74, 6) is -1.06. The molecule has 16 heavy (non-hydrogen) atoms. The number of rotatable bonds is 2. The molecule has 1 saturated carbocycles. The Morgan fingerprint density at radius 3 is 2.31 bits per heavy atom. The van der Waals surface area contributed by atoms with Crippen molar-refractivity contribution < 1.29 is 19.8 Å². The zero-order valence-corrected chi connectivity index (χ0v) is 8.93. The van der Waals surface area contributed by atoms with E-state index in [1.54, 1.807) is 0 Å². The highest BCUT2D eigenvalue weighted by Gasteiger charge is 2.24. The van der Waals surface area contributed by atoms with Crippen LogP contribution in [0.3, 0.4) is 0 Å². The van der Waals surface area contributed by atoms with Crippen LogP contribution in [0.5, 0.6) is 11.8 Å². The molecule has 0 spiro atoms. The zero-order valence-electron chi connectivity index (χ0n) is 8.93. The molecule has 5 nitrogen and oxygen atoms in total. The highest BCUT2D eigenvalue weighted by Crippen LogP contribution is 2.25. The summed E-state index contributed by atoms with van der Waals surface area (Å²) < 4.78 is 0.747. The first kappa shape index (κ1) is 10.9. The fraction of sp³-hybridized carbons (Fsp3) is 0.545. The van der Waals surface area contributed by atoms with Gasteiger partial charge in [0.25, 0.3) is 0 Å². The van der Waals surface area contributed by atoms with Gasteiger partial charge in [-0.3, -0.25) is 0 Å². The van der Waals surface area contributed by atoms with Gasteiger partial charge in [-0.05, 0) is 12.8 Å². The van der Waals surface area contributed by atoms with Gasteiger partial charge in [-0.25, -0.2) is 4.79 Å². The molecule has 2 rings (SSSR count). The van der Waals surface area contributed by atoms with Crippen LogP contribution in [0, 0.1) is 5.92 Å². The smallest absolute Gasteiger partial charge is 0.336 e. The molecule has 0 aromatic carbocycles. The molecule has 0 unspecified atom stereocenters. The molecule has 2 N–H and O–H groups in total. The Hall–Kier alpha value is -1.65. The lowest BCUT2D eigenvalue weighted by Gasteiger charge is -2.19. The first-order valence-electron chi connectivity index (χ1n) is 5.50. The van der Waals surface area contributed by atoms with Crippen molar-refractivity contribution in [2.24, 2.45) is 5.92 Å². The molecule has 1 aromatic rings. The van der Waals surface area contributed by atoms with Crippen LogP contribution < -0.4 is 4.84 Å². The lowest BCUT2D eigenvalue weighted by Crippen LogP contribution is -2.28. The topological polar surface area (TPSA) is 71.7 Å². The Kier molecular flexibility index (Phi) is 3.03. The van der Waals surface area contributed by atoms with Crippen molar-refractivity contribution in [3.63, 3.8) is 0 Å². The quantitative estimate of drug-likeness (QED) is 0.798. The molecular formula is C11H15NO4. The highest BCUT2D eigenvalue weighted by atomic mass is 16.7. The molecule has 1 fully saturated rings. The maximum Gasteiger partial charge on any atom is 0.336 e. The van der Waals surface area contributed by atoms with E-state index in [-0.39, 0.29) is 23.6 Å². The van der Waals surface area contributed by atoms with Crippen LogP contribution >= 0.6 is 0 Å². The molecule has 0 atom stereocenters. The van der Waals surface area contributed by atoms with Crippen LogP contribution in [0.15, 0.2) is 12.1 Å². The number of carbonyl (C=O) groups excluding carboxylic acids is 1. The average molecular weight is 225 g/mol. The third kappa shape index (κ3) is 2.13. The van der Waals surface area contributed by atoms with E-state index in [0.29, 0.717) is 0 Å². The van der Waals surface area contributed by atoms with Crippen LogP contribution in [0.2, 0.25) is 0 Å². The van der Waals surface area contributed by atoms with Gasteiger partial charge >= 0.3 is 5.97 Å². The minimum absolute atomic E-state index is 0.116. The molecule has 5 heteroatoms. The van der Waals surface area contributed by atoms with Crippen molar-refractivity contribution in [3.8, 4) is 11.8 Å². The molecule has 0 saturated heterocycles. The van der Waals surface area contributed by atoms with Crippen molar-refractivity contribution in [2.75, 3.05) is 0 Å². The van der Waals surface area contributed by atoms with Crippen molar-refractivity contribution in [3.05, 3.63) is 12.1 Å². The summed E-state index contributed by atoms with van der Waals surface area (Å²) in [6, 6.07) is 2.53. The molecule has 1 aliphatic rings. The minimum Gasteiger partial charge on any atom is -0.492 e. The van der Waals surface area contributed by atoms with E-state index in [2.05, 4.69) is 0 Å². The molecule has 0 aliphatic heterocycles. The van der Waals surface area contributed by atoms with Gasteiger partial charge in [0.1, 0.15) is 0 Å². The SMILES string of the molecule is O=C(On1c(O)ccc1O)C1CCCCC1. The molecule has 1 heterocycles. The van der Waals surface area contributed by atoms with E-state index in [4.69, 9.17) is 4.84 Å². The number of carbonyl (C=O) groups is 1. The summed E-state index contributed by atoms with van der Waals surface area (Å²) in [6.07, 6.45) is 4.86. The van der Waals surface area contributed by atoms with E-state index in [1.165, 1.54) is 12.1 Å². The maximum atomic E-state index is 11.7. The second-order valence-corrected chi connectivity index (χ2v) is 4.09. The number of hydrogen-bond acceptors (Lipinski definition) is 4. The Morgan fingerprint density at radius 2 is 1.75 bits per heavy atom. The number of nitrogens with zero attached hydrogens (tertiary/aromatic N) is 1. The van der Waals surface area contributed by atoms with E-state index in [0.717, 1.165) is 36.8 Å². The molecule has 1 aliphatic carbocycles. The van der Waals surface area contributed by atoms with Crippen molar-refractivity contribution in [1.82, 2.24) is 4.73 Å². The molecule has 0 radical (unpaired) electrons. The van der Waals surface area contributed by atoms with Crippen LogP contribution in [0.1, 0.15) is 32.1 Å². The second-order valence-electron chi connectivity index (χ2n) is 4.09. The van der Waals surface area contributed by atoms with Gasteiger partial charge in [0, 0.05) is 12.1 Å². The van der Waals surface area contributed by atoms with Crippen molar-refractivity contribution in [1.29, 1.82) is 0 Å². The molecular weight excluding hydrogens is 210 g/mol. The van der Waals surface area contributed by atoms with Crippen LogP contribution in [-0.2, 0) is 4.79 Å². The van der Waals surface area contributed by atoms with E-state index in [9.17, 15) is 15.0 Å². The average Bonchev–Trinajstić information content (AvgIpc) is 2.62. The highest BCUT2D eigenvalue weighted by molar-refractivity contribution is 5.73. The first-order chi connectivity index (χ1) is 7.68. The summed E-state index contributed by atoms with van der Waals surface area (Å²) in [6.45, 7) is 0. The first-order valence-corrected chi connectivity index (χ1v) is 5.50. The normalized spacial score (nSPS) is 17.2. The molecule has 1 aromatic heterocycles. The molecule has 0 amide bonds. The van der Waals surface area contributed by atoms with Gasteiger partial charge in [-0.15, -0.1) is 4.73 Å². The Labute approximate surface area is 93.2 Å². The van der Waals surface area contributed by atoms with Crippen molar-refractivity contribution in [2.45, 2.75) is 32.1 Å². The monoisotopic (exact) mass is 225 g/mol. The Morgan fingerprint density at radius 1 is 1.19 bits per heavy atom. The largest absolute Gasteiger partial charge is 0.492 e. The maximum absolute atomic E-state index is 11.7. The van der Waals surface area contributed by atoms with Gasteiger partial charge in [-0.2, -0.15) is 0 Å². The summed E-state index contributed by atoms with van der Waals surface area (Å²) in [5, 5.41) is 18.6. The summed E-state index contributed by atoms with van der Waals surface area (Å²) in [7, 11) is 0. The zero-order chi connectivity index (χ0) is 11.5. The van der Waals surface area contributed by atoms with E-state index >= 15 is 0 Å². The lowest BCUT2D eigenvalue weighted by molar-refractivity contribution is -0.151. The van der Waals surface area contributed by atoms with Gasteiger partial charge in [0.2, 0.25) is 11.8 Å². The van der Waals surface area contributed by atoms with Gasteiger partial charge in [-0.1, -0.05) is 19.3 Å². The minimum atomic E-state index is -0.387. The fourth-order valence-electron chi connectivity index (χ4n) is 2.00. The van der Waals surface area contributed by atoms with Crippen LogP contribution in [0.4, 0.5) is 0 Å². The number of hydrogen-bond donors (Lipinski definition) is 2. The lowest BCUT2D eigenvalue weighted by atomic mass is 9.89. The van der Waals surface area contributed by atoms with Gasteiger partial charge < -0.3 is 15.1 Å². The third-order valence-corrected chi connectivity index (χ3v) is 2.92. The third-order valence-electron chi connectivity index (χ3n) is 2.92. The van der Waals surface area contributed by atoms with Crippen molar-refractivity contribution >= 4 is 5.97 Å². The predicted molar refractivity (Wildman–Crippen MR) is 55.9 cm³/mol. The predicted octanol–water partition coefficient (Wildman–Crippen LogP) is 1.43. The van der Waals surface area contributed by atoms with Gasteiger partial charge in [0.15, 0.2) is 0 Å². The fourth-order valence-corrected chi connectivity index (χ4v) is 2.00. The number of aromatic nitrogens is 1. The molecule has 88 valence electrons. The standard InChI is InChI=1S/C11H15NO4/c13-9-6-7-10(14)12(9)16-11(15)8-4-2-1-3-5-8/h6-8,13-14H,1-5H2. The Balaban J connectivity index is 2.01. The molecule has 0 bridgehead atoms.